The number of methoxy groups -OCH3 is 1. The van der Waals surface area contributed by atoms with Crippen LogP contribution in [0.5, 0.6) is 11.5 Å². The molecule has 1 saturated carbocycles. The van der Waals surface area contributed by atoms with E-state index in [-0.39, 0.29) is 11.4 Å². The highest BCUT2D eigenvalue weighted by Gasteiger charge is 2.43. The summed E-state index contributed by atoms with van der Waals surface area (Å²) >= 11 is 0. The van der Waals surface area contributed by atoms with Gasteiger partial charge in [-0.15, -0.1) is 0 Å². The Balaban J connectivity index is 1.89. The van der Waals surface area contributed by atoms with Gasteiger partial charge in [-0.3, -0.25) is 4.79 Å². The molecule has 1 aliphatic heterocycles. The number of benzene rings is 1. The molecule has 1 fully saturated rings. The fraction of sp³-hybridized carbons (Fsp3) is 0.611. The third kappa shape index (κ3) is 2.78. The van der Waals surface area contributed by atoms with E-state index in [2.05, 4.69) is 13.8 Å². The topological polar surface area (TPSA) is 35.5 Å². The molecular weight excluding hydrogens is 264 g/mol. The summed E-state index contributed by atoms with van der Waals surface area (Å²) in [6.07, 6.45) is 5.91. The summed E-state index contributed by atoms with van der Waals surface area (Å²) in [5, 5.41) is 0. The number of carbonyl (C=O) groups excluding carboxylic acids is 1. The summed E-state index contributed by atoms with van der Waals surface area (Å²) in [6.45, 7) is 4.63. The van der Waals surface area contributed by atoms with Crippen LogP contribution in [0, 0.1) is 5.41 Å². The van der Waals surface area contributed by atoms with Gasteiger partial charge in [0.25, 0.3) is 0 Å². The molecule has 0 radical (unpaired) electrons. The highest BCUT2D eigenvalue weighted by atomic mass is 16.5. The van der Waals surface area contributed by atoms with Gasteiger partial charge in [-0.25, -0.2) is 0 Å². The second kappa shape index (κ2) is 5.04. The summed E-state index contributed by atoms with van der Waals surface area (Å²) in [4.78, 5) is 12.6. The summed E-state index contributed by atoms with van der Waals surface area (Å²) in [6, 6.07) is 5.54. The number of ether oxygens (including phenoxy) is 2. The van der Waals surface area contributed by atoms with Crippen LogP contribution in [-0.2, 0) is 0 Å². The molecule has 3 nitrogen and oxygen atoms in total. The monoisotopic (exact) mass is 288 g/mol. The van der Waals surface area contributed by atoms with E-state index in [1.807, 2.05) is 12.1 Å². The smallest absolute Gasteiger partial charge is 0.170 e. The minimum atomic E-state index is -0.285. The van der Waals surface area contributed by atoms with Crippen LogP contribution in [-0.4, -0.2) is 18.5 Å². The van der Waals surface area contributed by atoms with Crippen molar-refractivity contribution in [2.45, 2.75) is 58.0 Å². The van der Waals surface area contributed by atoms with Crippen molar-refractivity contribution in [1.82, 2.24) is 0 Å². The van der Waals surface area contributed by atoms with Crippen molar-refractivity contribution >= 4 is 5.78 Å². The molecule has 0 amide bonds. The SMILES string of the molecule is COc1ccc2c(c1)C(=O)CC1(CCCC(C)(C)CC1)O2. The summed E-state index contributed by atoms with van der Waals surface area (Å²) in [5.41, 5.74) is 0.742. The summed E-state index contributed by atoms with van der Waals surface area (Å²) in [5.74, 6) is 1.63. The van der Waals surface area contributed by atoms with E-state index in [0.717, 1.165) is 31.4 Å². The van der Waals surface area contributed by atoms with Crippen LogP contribution in [0.25, 0.3) is 0 Å². The van der Waals surface area contributed by atoms with Gasteiger partial charge in [0, 0.05) is 0 Å². The van der Waals surface area contributed by atoms with Crippen molar-refractivity contribution < 1.29 is 14.3 Å². The Bertz CT molecular complexity index is 562. The first-order valence-corrected chi connectivity index (χ1v) is 7.83. The molecule has 0 saturated heterocycles. The maximum atomic E-state index is 12.6. The van der Waals surface area contributed by atoms with Crippen molar-refractivity contribution in [1.29, 1.82) is 0 Å². The normalized spacial score (nSPS) is 27.7. The predicted molar refractivity (Wildman–Crippen MR) is 82.2 cm³/mol. The molecule has 3 heteroatoms. The zero-order valence-corrected chi connectivity index (χ0v) is 13.2. The number of carbonyl (C=O) groups is 1. The lowest BCUT2D eigenvalue weighted by atomic mass is 9.81. The molecular formula is C18H24O3. The van der Waals surface area contributed by atoms with E-state index in [0.29, 0.717) is 23.1 Å². The Kier molecular flexibility index (Phi) is 3.46. The number of fused-ring (bicyclic) bond motifs is 1. The Morgan fingerprint density at radius 1 is 1.14 bits per heavy atom. The molecule has 0 bridgehead atoms. The standard InChI is InChI=1S/C18H24O3/c1-17(2)7-4-8-18(10-9-17)12-15(19)14-11-13(20-3)5-6-16(14)21-18/h5-6,11H,4,7-10,12H2,1-3H3. The lowest BCUT2D eigenvalue weighted by Gasteiger charge is -2.38. The second-order valence-corrected chi connectivity index (χ2v) is 7.26. The molecule has 1 spiro atoms. The molecule has 3 rings (SSSR count). The van der Waals surface area contributed by atoms with Crippen LogP contribution >= 0.6 is 0 Å². The maximum absolute atomic E-state index is 12.6. The minimum absolute atomic E-state index is 0.190. The minimum Gasteiger partial charge on any atom is -0.497 e. The van der Waals surface area contributed by atoms with E-state index in [1.54, 1.807) is 13.2 Å². The lowest BCUT2D eigenvalue weighted by Crippen LogP contribution is -2.41. The fourth-order valence-corrected chi connectivity index (χ4v) is 3.58. The quantitative estimate of drug-likeness (QED) is 0.769. The van der Waals surface area contributed by atoms with E-state index in [1.165, 1.54) is 6.42 Å². The van der Waals surface area contributed by atoms with Crippen molar-refractivity contribution in [3.8, 4) is 11.5 Å². The van der Waals surface area contributed by atoms with E-state index in [9.17, 15) is 4.79 Å². The van der Waals surface area contributed by atoms with Gasteiger partial charge < -0.3 is 9.47 Å². The molecule has 1 unspecified atom stereocenters. The van der Waals surface area contributed by atoms with E-state index < -0.39 is 0 Å². The average Bonchev–Trinajstić information content (AvgIpc) is 2.58. The average molecular weight is 288 g/mol. The van der Waals surface area contributed by atoms with Gasteiger partial charge in [0.05, 0.1) is 19.1 Å². The zero-order chi connectivity index (χ0) is 15.1. The van der Waals surface area contributed by atoms with Crippen LogP contribution in [0.3, 0.4) is 0 Å². The first-order valence-electron chi connectivity index (χ1n) is 7.83. The van der Waals surface area contributed by atoms with Gasteiger partial charge in [-0.05, 0) is 55.7 Å². The lowest BCUT2D eigenvalue weighted by molar-refractivity contribution is 0.0277. The fourth-order valence-electron chi connectivity index (χ4n) is 3.58. The predicted octanol–water partition coefficient (Wildman–Crippen LogP) is 4.39. The van der Waals surface area contributed by atoms with Gasteiger partial charge >= 0.3 is 0 Å². The second-order valence-electron chi connectivity index (χ2n) is 7.26. The summed E-state index contributed by atoms with van der Waals surface area (Å²) < 4.78 is 11.5. The molecule has 2 aliphatic rings. The number of ketones is 1. The number of Topliss-reactive ketones (excluding diaryl/α,β-unsaturated/α-hetero) is 1. The van der Waals surface area contributed by atoms with Gasteiger partial charge in [0.15, 0.2) is 5.78 Å². The zero-order valence-electron chi connectivity index (χ0n) is 13.2. The molecule has 0 aromatic heterocycles. The number of rotatable bonds is 1. The van der Waals surface area contributed by atoms with Gasteiger partial charge in [-0.2, -0.15) is 0 Å². The molecule has 114 valence electrons. The van der Waals surface area contributed by atoms with E-state index >= 15 is 0 Å². The largest absolute Gasteiger partial charge is 0.497 e. The van der Waals surface area contributed by atoms with Crippen molar-refractivity contribution in [3.05, 3.63) is 23.8 Å². The molecule has 1 heterocycles. The Morgan fingerprint density at radius 3 is 2.71 bits per heavy atom. The van der Waals surface area contributed by atoms with Crippen LogP contribution in [0.1, 0.15) is 62.7 Å². The molecule has 1 aliphatic carbocycles. The Morgan fingerprint density at radius 2 is 1.95 bits per heavy atom. The molecule has 1 atom stereocenters. The van der Waals surface area contributed by atoms with Crippen LogP contribution in [0.15, 0.2) is 18.2 Å². The molecule has 0 N–H and O–H groups in total. The number of hydrogen-bond acceptors (Lipinski definition) is 3. The Labute approximate surface area is 126 Å². The van der Waals surface area contributed by atoms with Gasteiger partial charge in [0.1, 0.15) is 17.1 Å². The van der Waals surface area contributed by atoms with Crippen LogP contribution in [0.2, 0.25) is 0 Å². The van der Waals surface area contributed by atoms with Crippen LogP contribution in [0.4, 0.5) is 0 Å². The third-order valence-electron chi connectivity index (χ3n) is 5.04. The highest BCUT2D eigenvalue weighted by Crippen LogP contribution is 2.45. The number of hydrogen-bond donors (Lipinski definition) is 0. The maximum Gasteiger partial charge on any atom is 0.170 e. The molecule has 21 heavy (non-hydrogen) atoms. The van der Waals surface area contributed by atoms with Crippen molar-refractivity contribution in [2.75, 3.05) is 7.11 Å². The van der Waals surface area contributed by atoms with Gasteiger partial charge in [0.2, 0.25) is 0 Å². The molecule has 1 aromatic carbocycles. The first kappa shape index (κ1) is 14.4. The van der Waals surface area contributed by atoms with E-state index in [4.69, 9.17) is 9.47 Å². The molecule has 1 aromatic rings. The van der Waals surface area contributed by atoms with Gasteiger partial charge in [-0.1, -0.05) is 13.8 Å². The third-order valence-corrected chi connectivity index (χ3v) is 5.04. The van der Waals surface area contributed by atoms with Crippen molar-refractivity contribution in [3.63, 3.8) is 0 Å². The van der Waals surface area contributed by atoms with Crippen molar-refractivity contribution in [2.24, 2.45) is 5.41 Å². The first-order chi connectivity index (χ1) is 9.93. The highest BCUT2D eigenvalue weighted by molar-refractivity contribution is 6.00. The summed E-state index contributed by atoms with van der Waals surface area (Å²) in [7, 11) is 1.62. The Hall–Kier alpha value is -1.51. The van der Waals surface area contributed by atoms with Crippen LogP contribution < -0.4 is 9.47 Å².